The number of furan rings is 1. The molecule has 0 aliphatic heterocycles. The van der Waals surface area contributed by atoms with E-state index in [4.69, 9.17) is 10.2 Å². The van der Waals surface area contributed by atoms with Crippen LogP contribution in [-0.4, -0.2) is 21.9 Å². The van der Waals surface area contributed by atoms with Gasteiger partial charge in [-0.15, -0.1) is 0 Å². The molecule has 2 N–H and O–H groups in total. The summed E-state index contributed by atoms with van der Waals surface area (Å²) in [6, 6.07) is 1.77. The number of anilines is 2. The molecule has 8 heteroatoms. The van der Waals surface area contributed by atoms with Gasteiger partial charge in [0.1, 0.15) is 6.33 Å². The third kappa shape index (κ3) is 2.21. The second-order valence-corrected chi connectivity index (χ2v) is 3.68. The van der Waals surface area contributed by atoms with Gasteiger partial charge in [0, 0.05) is 19.2 Å². The van der Waals surface area contributed by atoms with E-state index in [-0.39, 0.29) is 17.3 Å². The van der Waals surface area contributed by atoms with Gasteiger partial charge in [-0.1, -0.05) is 0 Å². The van der Waals surface area contributed by atoms with E-state index in [0.29, 0.717) is 6.54 Å². The normalized spacial score (nSPS) is 10.3. The molecule has 0 amide bonds. The van der Waals surface area contributed by atoms with Crippen LogP contribution in [0.25, 0.3) is 0 Å². The van der Waals surface area contributed by atoms with Crippen LogP contribution in [0.2, 0.25) is 0 Å². The van der Waals surface area contributed by atoms with Crippen LogP contribution in [0.3, 0.4) is 0 Å². The van der Waals surface area contributed by atoms with Gasteiger partial charge in [-0.05, 0) is 6.07 Å². The van der Waals surface area contributed by atoms with Crippen molar-refractivity contribution in [3.63, 3.8) is 0 Å². The predicted octanol–water partition coefficient (Wildman–Crippen LogP) is 1.20. The number of rotatable bonds is 4. The Balaban J connectivity index is 2.32. The molecule has 2 rings (SSSR count). The van der Waals surface area contributed by atoms with Crippen molar-refractivity contribution in [3.05, 3.63) is 40.6 Å². The summed E-state index contributed by atoms with van der Waals surface area (Å²) in [5.41, 5.74) is 6.09. The molecule has 2 heterocycles. The van der Waals surface area contributed by atoms with E-state index in [1.165, 1.54) is 12.6 Å². The minimum absolute atomic E-state index is 0.149. The first kappa shape index (κ1) is 11.8. The SMILES string of the molecule is CN(Cc1ccoc1)c1ncnc(N)c1[N+](=O)[O-]. The molecule has 0 aliphatic rings. The van der Waals surface area contributed by atoms with Crippen molar-refractivity contribution in [2.45, 2.75) is 6.54 Å². The lowest BCUT2D eigenvalue weighted by molar-refractivity contribution is -0.383. The fraction of sp³-hybridized carbons (Fsp3) is 0.200. The Kier molecular flexibility index (Phi) is 3.09. The van der Waals surface area contributed by atoms with Crippen LogP contribution in [0.5, 0.6) is 0 Å². The molecule has 18 heavy (non-hydrogen) atoms. The average Bonchev–Trinajstić information content (AvgIpc) is 2.80. The number of nitro groups is 1. The summed E-state index contributed by atoms with van der Waals surface area (Å²) >= 11 is 0. The van der Waals surface area contributed by atoms with Gasteiger partial charge in [-0.25, -0.2) is 9.97 Å². The van der Waals surface area contributed by atoms with Crippen LogP contribution >= 0.6 is 0 Å². The van der Waals surface area contributed by atoms with E-state index in [0.717, 1.165) is 5.56 Å². The lowest BCUT2D eigenvalue weighted by atomic mass is 10.3. The van der Waals surface area contributed by atoms with Gasteiger partial charge >= 0.3 is 5.69 Å². The molecular formula is C10H11N5O3. The van der Waals surface area contributed by atoms with E-state index in [1.54, 1.807) is 24.3 Å². The smallest absolute Gasteiger partial charge is 0.353 e. The molecule has 0 radical (unpaired) electrons. The quantitative estimate of drug-likeness (QED) is 0.639. The molecule has 8 nitrogen and oxygen atoms in total. The number of hydrogen-bond donors (Lipinski definition) is 1. The molecule has 0 bridgehead atoms. The van der Waals surface area contributed by atoms with Gasteiger partial charge in [-0.2, -0.15) is 0 Å². The van der Waals surface area contributed by atoms with Gasteiger partial charge in [-0.3, -0.25) is 10.1 Å². The highest BCUT2D eigenvalue weighted by atomic mass is 16.6. The molecule has 2 aromatic rings. The van der Waals surface area contributed by atoms with E-state index >= 15 is 0 Å². The molecule has 0 atom stereocenters. The van der Waals surface area contributed by atoms with Crippen molar-refractivity contribution in [1.82, 2.24) is 9.97 Å². The van der Waals surface area contributed by atoms with Gasteiger partial charge in [0.15, 0.2) is 0 Å². The third-order valence-corrected chi connectivity index (χ3v) is 2.38. The van der Waals surface area contributed by atoms with E-state index < -0.39 is 4.92 Å². The molecular weight excluding hydrogens is 238 g/mol. The molecule has 0 saturated carbocycles. The van der Waals surface area contributed by atoms with Crippen LogP contribution in [-0.2, 0) is 6.54 Å². The van der Waals surface area contributed by atoms with Gasteiger partial charge in [0.2, 0.25) is 11.6 Å². The molecule has 0 aliphatic carbocycles. The van der Waals surface area contributed by atoms with Crippen molar-refractivity contribution in [2.75, 3.05) is 17.7 Å². The number of aromatic nitrogens is 2. The molecule has 0 aromatic carbocycles. The Morgan fingerprint density at radius 1 is 1.56 bits per heavy atom. The third-order valence-electron chi connectivity index (χ3n) is 2.38. The van der Waals surface area contributed by atoms with E-state index in [1.807, 2.05) is 0 Å². The number of nitrogens with two attached hydrogens (primary N) is 1. The largest absolute Gasteiger partial charge is 0.472 e. The van der Waals surface area contributed by atoms with Gasteiger partial charge in [0.05, 0.1) is 17.4 Å². The Morgan fingerprint density at radius 2 is 2.33 bits per heavy atom. The maximum atomic E-state index is 10.9. The fourth-order valence-corrected chi connectivity index (χ4v) is 1.57. The van der Waals surface area contributed by atoms with Gasteiger partial charge in [0.25, 0.3) is 0 Å². The number of nitrogens with zero attached hydrogens (tertiary/aromatic N) is 4. The highest BCUT2D eigenvalue weighted by Gasteiger charge is 2.23. The zero-order chi connectivity index (χ0) is 13.1. The highest BCUT2D eigenvalue weighted by molar-refractivity contribution is 5.68. The van der Waals surface area contributed by atoms with Crippen LogP contribution in [0.4, 0.5) is 17.3 Å². The first-order valence-corrected chi connectivity index (χ1v) is 5.06. The molecule has 0 unspecified atom stereocenters. The maximum Gasteiger partial charge on any atom is 0.353 e. The zero-order valence-corrected chi connectivity index (χ0v) is 9.61. The molecule has 0 spiro atoms. The van der Waals surface area contributed by atoms with Crippen LogP contribution in [0.1, 0.15) is 5.56 Å². The second kappa shape index (κ2) is 4.70. The predicted molar refractivity (Wildman–Crippen MR) is 63.9 cm³/mol. The standard InChI is InChI=1S/C10H11N5O3/c1-14(4-7-2-3-18-5-7)10-8(15(16)17)9(11)12-6-13-10/h2-3,5-6H,4H2,1H3,(H2,11,12,13). The first-order chi connectivity index (χ1) is 8.59. The van der Waals surface area contributed by atoms with Crippen LogP contribution in [0, 0.1) is 10.1 Å². The maximum absolute atomic E-state index is 10.9. The average molecular weight is 249 g/mol. The highest BCUT2D eigenvalue weighted by Crippen LogP contribution is 2.29. The summed E-state index contributed by atoms with van der Waals surface area (Å²) in [7, 11) is 1.68. The van der Waals surface area contributed by atoms with Gasteiger partial charge < -0.3 is 15.1 Å². The fourth-order valence-electron chi connectivity index (χ4n) is 1.57. The van der Waals surface area contributed by atoms with Crippen molar-refractivity contribution in [1.29, 1.82) is 0 Å². The lowest BCUT2D eigenvalue weighted by Gasteiger charge is -2.16. The van der Waals surface area contributed by atoms with Crippen molar-refractivity contribution in [3.8, 4) is 0 Å². The van der Waals surface area contributed by atoms with Crippen LogP contribution < -0.4 is 10.6 Å². The second-order valence-electron chi connectivity index (χ2n) is 3.68. The molecule has 0 fully saturated rings. The monoisotopic (exact) mass is 249 g/mol. The van der Waals surface area contributed by atoms with E-state index in [9.17, 15) is 10.1 Å². The van der Waals surface area contributed by atoms with E-state index in [2.05, 4.69) is 9.97 Å². The van der Waals surface area contributed by atoms with Crippen molar-refractivity contribution in [2.24, 2.45) is 0 Å². The summed E-state index contributed by atoms with van der Waals surface area (Å²) in [6.45, 7) is 0.424. The van der Waals surface area contributed by atoms with Crippen LogP contribution in [0.15, 0.2) is 29.3 Å². The summed E-state index contributed by atoms with van der Waals surface area (Å²) in [6.07, 6.45) is 4.29. The zero-order valence-electron chi connectivity index (χ0n) is 9.61. The van der Waals surface area contributed by atoms with Crippen molar-refractivity contribution >= 4 is 17.3 Å². The number of nitrogen functional groups attached to an aromatic ring is 1. The lowest BCUT2D eigenvalue weighted by Crippen LogP contribution is -2.19. The summed E-state index contributed by atoms with van der Waals surface area (Å²) < 4.78 is 4.93. The minimum Gasteiger partial charge on any atom is -0.472 e. The molecule has 94 valence electrons. The minimum atomic E-state index is -0.587. The Morgan fingerprint density at radius 3 is 2.94 bits per heavy atom. The topological polar surface area (TPSA) is 111 Å². The number of hydrogen-bond acceptors (Lipinski definition) is 7. The molecule has 2 aromatic heterocycles. The Labute approximate surface area is 102 Å². The first-order valence-electron chi connectivity index (χ1n) is 5.06. The Hall–Kier alpha value is -2.64. The van der Waals surface area contributed by atoms with Crippen molar-refractivity contribution < 1.29 is 9.34 Å². The summed E-state index contributed by atoms with van der Waals surface area (Å²) in [5, 5.41) is 10.9. The Bertz CT molecular complexity index is 555. The molecule has 0 saturated heterocycles. The summed E-state index contributed by atoms with van der Waals surface area (Å²) in [4.78, 5) is 19.5. The summed E-state index contributed by atoms with van der Waals surface area (Å²) in [5.74, 6) is 0.0257.